The van der Waals surface area contributed by atoms with Gasteiger partial charge in [-0.25, -0.2) is 4.98 Å². The topological polar surface area (TPSA) is 65.4 Å². The predicted molar refractivity (Wildman–Crippen MR) is 144 cm³/mol. The van der Waals surface area contributed by atoms with E-state index >= 15 is 0 Å². The molecule has 0 aliphatic rings. The van der Waals surface area contributed by atoms with Gasteiger partial charge in [-0.15, -0.1) is 0 Å². The Morgan fingerprint density at radius 3 is 2.28 bits per heavy atom. The van der Waals surface area contributed by atoms with Gasteiger partial charge in [0.05, 0.1) is 17.6 Å². The van der Waals surface area contributed by atoms with Gasteiger partial charge in [-0.3, -0.25) is 4.79 Å². The summed E-state index contributed by atoms with van der Waals surface area (Å²) in [6.45, 7) is 10.0. The Labute approximate surface area is 213 Å². The van der Waals surface area contributed by atoms with Crippen molar-refractivity contribution in [3.05, 3.63) is 88.7 Å². The van der Waals surface area contributed by atoms with E-state index in [1.165, 1.54) is 5.56 Å². The molecule has 1 amide bonds. The second kappa shape index (κ2) is 11.8. The molecule has 6 heteroatoms. The normalized spacial score (nSPS) is 11.0. The molecule has 1 N–H and O–H groups in total. The first-order valence-electron chi connectivity index (χ1n) is 12.5. The Morgan fingerprint density at radius 2 is 1.56 bits per heavy atom. The number of carbonyl (C=O) groups is 1. The highest BCUT2D eigenvalue weighted by molar-refractivity contribution is 5.78. The molecule has 0 bridgehead atoms. The van der Waals surface area contributed by atoms with E-state index in [0.717, 1.165) is 58.0 Å². The summed E-state index contributed by atoms with van der Waals surface area (Å²) in [6.07, 6.45) is 1.50. The van der Waals surface area contributed by atoms with Crippen molar-refractivity contribution in [3.8, 4) is 11.5 Å². The molecule has 0 saturated carbocycles. The van der Waals surface area contributed by atoms with Crippen LogP contribution in [0.25, 0.3) is 11.0 Å². The highest BCUT2D eigenvalue weighted by Crippen LogP contribution is 2.21. The third-order valence-electron chi connectivity index (χ3n) is 6.23. The van der Waals surface area contributed by atoms with Crippen LogP contribution >= 0.6 is 0 Å². The molecule has 3 aromatic carbocycles. The van der Waals surface area contributed by atoms with Gasteiger partial charge in [-0.2, -0.15) is 0 Å². The van der Waals surface area contributed by atoms with Crippen LogP contribution in [0, 0.1) is 27.7 Å². The molecule has 0 aliphatic heterocycles. The summed E-state index contributed by atoms with van der Waals surface area (Å²) < 4.78 is 14.0. The van der Waals surface area contributed by atoms with Gasteiger partial charge in [0.1, 0.15) is 17.3 Å². The Hall–Kier alpha value is -3.80. The van der Waals surface area contributed by atoms with Crippen LogP contribution in [0.15, 0.2) is 60.7 Å². The number of nitrogens with one attached hydrogen (secondary N) is 1. The Morgan fingerprint density at radius 1 is 0.889 bits per heavy atom. The van der Waals surface area contributed by atoms with Crippen molar-refractivity contribution in [1.82, 2.24) is 14.9 Å². The highest BCUT2D eigenvalue weighted by Gasteiger charge is 2.12. The molecule has 0 atom stereocenters. The summed E-state index contributed by atoms with van der Waals surface area (Å²) >= 11 is 0. The number of imidazole rings is 1. The number of para-hydroxylation sites is 2. The summed E-state index contributed by atoms with van der Waals surface area (Å²) in [6, 6.07) is 20.4. The molecule has 1 aromatic heterocycles. The largest absolute Gasteiger partial charge is 0.493 e. The SMILES string of the molecule is Cc1ccc(C)c(OCCCn2c(CCNC(=O)COc3cc(C)ccc3C)nc3ccccc32)c1. The van der Waals surface area contributed by atoms with Crippen molar-refractivity contribution < 1.29 is 14.3 Å². The predicted octanol–water partition coefficient (Wildman–Crippen LogP) is 5.48. The lowest BCUT2D eigenvalue weighted by Gasteiger charge is -2.13. The molecule has 0 unspecified atom stereocenters. The minimum absolute atomic E-state index is 0.00355. The van der Waals surface area contributed by atoms with Crippen molar-refractivity contribution in [2.45, 2.75) is 47.1 Å². The van der Waals surface area contributed by atoms with Crippen LogP contribution in [0.4, 0.5) is 0 Å². The third kappa shape index (κ3) is 6.45. The van der Waals surface area contributed by atoms with Crippen LogP contribution in [0.2, 0.25) is 0 Å². The number of benzene rings is 3. The molecule has 4 aromatic rings. The Kier molecular flexibility index (Phi) is 8.26. The highest BCUT2D eigenvalue weighted by atomic mass is 16.5. The molecule has 0 fully saturated rings. The van der Waals surface area contributed by atoms with Crippen LogP contribution in [0.1, 0.15) is 34.5 Å². The average Bonchev–Trinajstić information content (AvgIpc) is 3.21. The second-order valence-corrected chi connectivity index (χ2v) is 9.30. The monoisotopic (exact) mass is 485 g/mol. The molecule has 0 radical (unpaired) electrons. The van der Waals surface area contributed by atoms with Crippen LogP contribution in [-0.4, -0.2) is 35.2 Å². The van der Waals surface area contributed by atoms with E-state index in [0.29, 0.717) is 19.6 Å². The van der Waals surface area contributed by atoms with Gasteiger partial charge in [0.2, 0.25) is 0 Å². The summed E-state index contributed by atoms with van der Waals surface area (Å²) in [5.74, 6) is 2.51. The summed E-state index contributed by atoms with van der Waals surface area (Å²) in [7, 11) is 0. The van der Waals surface area contributed by atoms with E-state index in [1.54, 1.807) is 0 Å². The lowest BCUT2D eigenvalue weighted by atomic mass is 10.1. The number of aromatic nitrogens is 2. The van der Waals surface area contributed by atoms with Crippen LogP contribution in [0.3, 0.4) is 0 Å². The standard InChI is InChI=1S/C30H35N3O3/c1-21-10-12-23(3)27(18-21)35-17-7-16-33-26-9-6-5-8-25(26)32-29(33)14-15-31-30(34)20-36-28-19-22(2)11-13-24(28)4/h5-6,8-13,18-19H,7,14-17,20H2,1-4H3,(H,31,34). The fourth-order valence-electron chi connectivity index (χ4n) is 4.20. The van der Waals surface area contributed by atoms with Gasteiger partial charge in [-0.1, -0.05) is 36.4 Å². The fourth-order valence-corrected chi connectivity index (χ4v) is 4.20. The summed E-state index contributed by atoms with van der Waals surface area (Å²) in [5, 5.41) is 2.97. The maximum atomic E-state index is 12.4. The lowest BCUT2D eigenvalue weighted by molar-refractivity contribution is -0.123. The van der Waals surface area contributed by atoms with E-state index in [9.17, 15) is 4.79 Å². The van der Waals surface area contributed by atoms with Gasteiger partial charge in [0, 0.05) is 19.5 Å². The number of rotatable bonds is 11. The first kappa shape index (κ1) is 25.3. The van der Waals surface area contributed by atoms with E-state index in [-0.39, 0.29) is 12.5 Å². The molecule has 6 nitrogen and oxygen atoms in total. The number of hydrogen-bond acceptors (Lipinski definition) is 4. The minimum Gasteiger partial charge on any atom is -0.493 e. The molecule has 1 heterocycles. The van der Waals surface area contributed by atoms with Crippen molar-refractivity contribution >= 4 is 16.9 Å². The van der Waals surface area contributed by atoms with Crippen LogP contribution < -0.4 is 14.8 Å². The van der Waals surface area contributed by atoms with Crippen molar-refractivity contribution in [3.63, 3.8) is 0 Å². The average molecular weight is 486 g/mol. The van der Waals surface area contributed by atoms with E-state index in [1.807, 2.05) is 50.2 Å². The summed E-state index contributed by atoms with van der Waals surface area (Å²) in [4.78, 5) is 17.2. The van der Waals surface area contributed by atoms with Gasteiger partial charge >= 0.3 is 0 Å². The number of carbonyl (C=O) groups excluding carboxylic acids is 1. The van der Waals surface area contributed by atoms with E-state index in [4.69, 9.17) is 14.5 Å². The van der Waals surface area contributed by atoms with Gasteiger partial charge < -0.3 is 19.4 Å². The lowest BCUT2D eigenvalue weighted by Crippen LogP contribution is -2.31. The maximum Gasteiger partial charge on any atom is 0.257 e. The third-order valence-corrected chi connectivity index (χ3v) is 6.23. The Bertz CT molecular complexity index is 1340. The first-order valence-corrected chi connectivity index (χ1v) is 12.5. The number of aryl methyl sites for hydroxylation is 5. The zero-order valence-corrected chi connectivity index (χ0v) is 21.6. The zero-order valence-electron chi connectivity index (χ0n) is 21.6. The fraction of sp³-hybridized carbons (Fsp3) is 0.333. The molecular weight excluding hydrogens is 450 g/mol. The van der Waals surface area contributed by atoms with Gasteiger partial charge in [0.15, 0.2) is 6.61 Å². The van der Waals surface area contributed by atoms with E-state index < -0.39 is 0 Å². The van der Waals surface area contributed by atoms with Crippen LogP contribution in [0.5, 0.6) is 11.5 Å². The molecule has 0 saturated heterocycles. The number of nitrogens with zero attached hydrogens (tertiary/aromatic N) is 2. The molecular formula is C30H35N3O3. The van der Waals surface area contributed by atoms with Gasteiger partial charge in [0.25, 0.3) is 5.91 Å². The minimum atomic E-state index is -0.138. The van der Waals surface area contributed by atoms with Crippen LogP contribution in [-0.2, 0) is 17.8 Å². The molecule has 0 aliphatic carbocycles. The molecule has 0 spiro atoms. The number of hydrogen-bond donors (Lipinski definition) is 1. The first-order chi connectivity index (χ1) is 17.4. The molecule has 188 valence electrons. The smallest absolute Gasteiger partial charge is 0.257 e. The number of ether oxygens (including phenoxy) is 2. The second-order valence-electron chi connectivity index (χ2n) is 9.30. The van der Waals surface area contributed by atoms with E-state index in [2.05, 4.69) is 48.0 Å². The Balaban J connectivity index is 1.32. The number of amides is 1. The zero-order chi connectivity index (χ0) is 25.5. The summed E-state index contributed by atoms with van der Waals surface area (Å²) in [5.41, 5.74) is 6.53. The number of fused-ring (bicyclic) bond motifs is 1. The molecule has 36 heavy (non-hydrogen) atoms. The van der Waals surface area contributed by atoms with Crippen molar-refractivity contribution in [2.75, 3.05) is 19.8 Å². The molecule has 4 rings (SSSR count). The van der Waals surface area contributed by atoms with Crippen molar-refractivity contribution in [2.24, 2.45) is 0 Å². The quantitative estimate of drug-likeness (QED) is 0.286. The van der Waals surface area contributed by atoms with Gasteiger partial charge in [-0.05, 0) is 80.6 Å². The maximum absolute atomic E-state index is 12.4. The van der Waals surface area contributed by atoms with Crippen molar-refractivity contribution in [1.29, 1.82) is 0 Å².